The molecule has 30 heavy (non-hydrogen) atoms. The number of para-hydroxylation sites is 1. The number of methoxy groups -OCH3 is 1. The van der Waals surface area contributed by atoms with E-state index in [0.29, 0.717) is 12.8 Å². The summed E-state index contributed by atoms with van der Waals surface area (Å²) in [6, 6.07) is 4.38. The van der Waals surface area contributed by atoms with Crippen LogP contribution in [-0.2, 0) is 19.6 Å². The van der Waals surface area contributed by atoms with Crippen molar-refractivity contribution in [1.82, 2.24) is 4.31 Å². The zero-order valence-electron chi connectivity index (χ0n) is 16.5. The van der Waals surface area contributed by atoms with Crippen LogP contribution in [0.3, 0.4) is 0 Å². The third kappa shape index (κ3) is 3.01. The number of aliphatic hydroxyl groups is 1. The number of Topliss-reactive ketones (excluding diaryl/α,β-unsaturated/α-hetero) is 1. The first-order valence-corrected chi connectivity index (χ1v) is 11.4. The van der Waals surface area contributed by atoms with Crippen LogP contribution in [-0.4, -0.2) is 59.4 Å². The molecule has 10 heteroatoms. The summed E-state index contributed by atoms with van der Waals surface area (Å²) in [5.41, 5.74) is -2.00. The number of hydrogen-bond donors (Lipinski definition) is 1. The summed E-state index contributed by atoms with van der Waals surface area (Å²) in [7, 11) is -2.80. The Labute approximate surface area is 174 Å². The number of sulfonamides is 1. The third-order valence-corrected chi connectivity index (χ3v) is 8.64. The lowest BCUT2D eigenvalue weighted by Crippen LogP contribution is -2.67. The van der Waals surface area contributed by atoms with E-state index in [4.69, 9.17) is 4.74 Å². The van der Waals surface area contributed by atoms with Crippen molar-refractivity contribution in [2.24, 2.45) is 5.92 Å². The van der Waals surface area contributed by atoms with Crippen molar-refractivity contribution in [2.75, 3.05) is 7.11 Å². The highest BCUT2D eigenvalue weighted by Gasteiger charge is 2.63. The Morgan fingerprint density at radius 3 is 2.73 bits per heavy atom. The molecule has 1 saturated carbocycles. The summed E-state index contributed by atoms with van der Waals surface area (Å²) < 4.78 is 34.1. The Kier molecular flexibility index (Phi) is 5.29. The van der Waals surface area contributed by atoms with Crippen molar-refractivity contribution in [1.29, 1.82) is 0 Å². The second kappa shape index (κ2) is 7.52. The van der Waals surface area contributed by atoms with Crippen LogP contribution in [0.4, 0.5) is 5.69 Å². The highest BCUT2D eigenvalue weighted by Crippen LogP contribution is 2.51. The first-order valence-electron chi connectivity index (χ1n) is 9.94. The van der Waals surface area contributed by atoms with Crippen LogP contribution < -0.4 is 0 Å². The zero-order chi connectivity index (χ0) is 21.7. The number of nitro groups is 1. The summed E-state index contributed by atoms with van der Waals surface area (Å²) in [6.45, 7) is 0. The number of ketones is 1. The van der Waals surface area contributed by atoms with E-state index in [9.17, 15) is 28.4 Å². The highest BCUT2D eigenvalue weighted by molar-refractivity contribution is 7.89. The second-order valence-electron chi connectivity index (χ2n) is 8.13. The van der Waals surface area contributed by atoms with Crippen molar-refractivity contribution in [3.8, 4) is 0 Å². The molecule has 1 saturated heterocycles. The summed E-state index contributed by atoms with van der Waals surface area (Å²) in [6.07, 6.45) is 4.14. The van der Waals surface area contributed by atoms with Crippen LogP contribution in [0.5, 0.6) is 0 Å². The monoisotopic (exact) mass is 436 g/mol. The van der Waals surface area contributed by atoms with Crippen molar-refractivity contribution in [3.63, 3.8) is 0 Å². The molecule has 1 aromatic rings. The number of aliphatic hydroxyl groups excluding tert-OH is 1. The van der Waals surface area contributed by atoms with E-state index >= 15 is 0 Å². The van der Waals surface area contributed by atoms with Gasteiger partial charge in [-0.3, -0.25) is 14.9 Å². The van der Waals surface area contributed by atoms with Crippen LogP contribution >= 0.6 is 0 Å². The maximum atomic E-state index is 13.8. The van der Waals surface area contributed by atoms with Gasteiger partial charge in [0.1, 0.15) is 6.10 Å². The van der Waals surface area contributed by atoms with Crippen molar-refractivity contribution in [3.05, 3.63) is 46.5 Å². The smallest absolute Gasteiger partial charge is 0.289 e. The predicted molar refractivity (Wildman–Crippen MR) is 106 cm³/mol. The number of ether oxygens (including phenoxy) is 1. The maximum Gasteiger partial charge on any atom is 0.289 e. The fourth-order valence-electron chi connectivity index (χ4n) is 5.28. The van der Waals surface area contributed by atoms with Gasteiger partial charge in [0.15, 0.2) is 10.7 Å². The number of carbonyl (C=O) groups is 1. The topological polar surface area (TPSA) is 127 Å². The summed E-state index contributed by atoms with van der Waals surface area (Å²) in [5.74, 6) is -0.771. The van der Waals surface area contributed by atoms with Gasteiger partial charge >= 0.3 is 0 Å². The Balaban J connectivity index is 1.86. The lowest BCUT2D eigenvalue weighted by Gasteiger charge is -2.51. The highest BCUT2D eigenvalue weighted by atomic mass is 32.2. The predicted octanol–water partition coefficient (Wildman–Crippen LogP) is 1.80. The molecule has 2 bridgehead atoms. The lowest BCUT2D eigenvalue weighted by molar-refractivity contribution is -0.387. The number of carbonyl (C=O) groups excluding carboxylic acids is 1. The summed E-state index contributed by atoms with van der Waals surface area (Å²) >= 11 is 0. The first kappa shape index (κ1) is 21.1. The average Bonchev–Trinajstić information content (AvgIpc) is 3.08. The molecule has 1 aliphatic carbocycles. The molecule has 2 aliphatic heterocycles. The fourth-order valence-corrected chi connectivity index (χ4v) is 7.38. The van der Waals surface area contributed by atoms with Crippen molar-refractivity contribution in [2.45, 2.75) is 60.8 Å². The van der Waals surface area contributed by atoms with Gasteiger partial charge in [-0.1, -0.05) is 30.7 Å². The average molecular weight is 436 g/mol. The molecule has 5 unspecified atom stereocenters. The molecule has 9 nitrogen and oxygen atoms in total. The minimum absolute atomic E-state index is 0.106. The van der Waals surface area contributed by atoms with Crippen LogP contribution in [0.1, 0.15) is 32.1 Å². The van der Waals surface area contributed by atoms with E-state index in [1.54, 1.807) is 19.3 Å². The van der Waals surface area contributed by atoms with Crippen LogP contribution in [0.2, 0.25) is 0 Å². The molecule has 0 spiro atoms. The van der Waals surface area contributed by atoms with Crippen molar-refractivity contribution < 1.29 is 28.0 Å². The molecular weight excluding hydrogens is 412 g/mol. The molecule has 1 aromatic carbocycles. The van der Waals surface area contributed by atoms with Gasteiger partial charge in [-0.15, -0.1) is 0 Å². The first-order chi connectivity index (χ1) is 14.2. The summed E-state index contributed by atoms with van der Waals surface area (Å²) in [5, 5.41) is 22.5. The molecule has 0 aromatic heterocycles. The quantitative estimate of drug-likeness (QED) is 0.423. The van der Waals surface area contributed by atoms with Crippen molar-refractivity contribution >= 4 is 21.5 Å². The number of benzene rings is 1. The Bertz CT molecular complexity index is 1010. The standard InChI is InChI=1S/C20H24N2O7S/c1-29-15-6-4-5-13(11-15)20-10-9-14(12-17(23)19(20)24)21(20)30(27,28)18-8-3-2-7-16(18)22(25)26/h2-3,7-10,13-15,19,24H,4-6,11-12H2,1H3. The number of nitro benzene ring substituents is 1. The Morgan fingerprint density at radius 2 is 2.03 bits per heavy atom. The molecule has 5 atom stereocenters. The van der Waals surface area contributed by atoms with Gasteiger partial charge in [-0.05, 0) is 31.2 Å². The molecule has 4 rings (SSSR count). The van der Waals surface area contributed by atoms with Gasteiger partial charge in [-0.2, -0.15) is 4.31 Å². The lowest BCUT2D eigenvalue weighted by atomic mass is 9.69. The van der Waals surface area contributed by atoms with Gasteiger partial charge < -0.3 is 9.84 Å². The third-order valence-electron chi connectivity index (χ3n) is 6.63. The van der Waals surface area contributed by atoms with Gasteiger partial charge in [0.2, 0.25) is 0 Å². The fraction of sp³-hybridized carbons (Fsp3) is 0.550. The minimum Gasteiger partial charge on any atom is -0.383 e. The van der Waals surface area contributed by atoms with Crippen LogP contribution in [0.15, 0.2) is 41.3 Å². The van der Waals surface area contributed by atoms with E-state index in [1.807, 2.05) is 0 Å². The molecule has 2 heterocycles. The van der Waals surface area contributed by atoms with E-state index < -0.39 is 49.0 Å². The Morgan fingerprint density at radius 1 is 1.30 bits per heavy atom. The molecule has 0 radical (unpaired) electrons. The van der Waals surface area contributed by atoms with Crippen LogP contribution in [0, 0.1) is 16.0 Å². The van der Waals surface area contributed by atoms with Gasteiger partial charge in [0.05, 0.1) is 22.6 Å². The molecule has 0 amide bonds. The number of rotatable bonds is 5. The zero-order valence-corrected chi connectivity index (χ0v) is 17.3. The van der Waals surface area contributed by atoms with E-state index in [-0.39, 0.29) is 18.4 Å². The minimum atomic E-state index is -4.39. The SMILES string of the molecule is COC1CCCC(C23C=CC(CC(=O)C2O)N3S(=O)(=O)c2ccccc2[N+](=O)[O-])C1. The molecule has 3 aliphatic rings. The molecule has 2 fully saturated rings. The maximum absolute atomic E-state index is 13.8. The molecular formula is C20H24N2O7S. The second-order valence-corrected chi connectivity index (χ2v) is 9.92. The number of fused-ring (bicyclic) bond motifs is 2. The number of nitrogens with zero attached hydrogens (tertiary/aromatic N) is 2. The van der Waals surface area contributed by atoms with Gasteiger partial charge in [0, 0.05) is 19.6 Å². The van der Waals surface area contributed by atoms with Gasteiger partial charge in [-0.25, -0.2) is 8.42 Å². The normalized spacial score (nSPS) is 34.3. The van der Waals surface area contributed by atoms with E-state index in [0.717, 1.165) is 23.2 Å². The number of piperidine rings is 1. The van der Waals surface area contributed by atoms with E-state index in [2.05, 4.69) is 0 Å². The molecule has 1 N–H and O–H groups in total. The Hall–Kier alpha value is -2.14. The van der Waals surface area contributed by atoms with E-state index in [1.165, 1.54) is 18.2 Å². The molecule has 162 valence electrons. The largest absolute Gasteiger partial charge is 0.383 e. The van der Waals surface area contributed by atoms with Crippen LogP contribution in [0.25, 0.3) is 0 Å². The number of hydrogen-bond acceptors (Lipinski definition) is 7. The summed E-state index contributed by atoms with van der Waals surface area (Å²) in [4.78, 5) is 22.9. The van der Waals surface area contributed by atoms with Gasteiger partial charge in [0.25, 0.3) is 15.7 Å².